The van der Waals surface area contributed by atoms with Crippen LogP contribution in [-0.4, -0.2) is 30.3 Å². The third-order valence-electron chi connectivity index (χ3n) is 4.86. The normalized spacial score (nSPS) is 14.6. The van der Waals surface area contributed by atoms with Crippen molar-refractivity contribution in [3.63, 3.8) is 0 Å². The molecule has 0 atom stereocenters. The van der Waals surface area contributed by atoms with Crippen LogP contribution in [0.1, 0.15) is 30.4 Å². The average Bonchev–Trinajstić information content (AvgIpc) is 2.91. The number of rotatable bonds is 6. The number of hydrogen-bond acceptors (Lipinski definition) is 2. The molecule has 2 N–H and O–H groups in total. The van der Waals surface area contributed by atoms with Crippen LogP contribution in [0.25, 0.3) is 11.1 Å². The fourth-order valence-electron chi connectivity index (χ4n) is 3.79. The summed E-state index contributed by atoms with van der Waals surface area (Å²) in [6, 6.07) is 14.7. The second-order valence-corrected chi connectivity index (χ2v) is 6.48. The molecule has 3 rings (SSSR count). The van der Waals surface area contributed by atoms with E-state index in [1.54, 1.807) is 24.3 Å². The number of alkyl halides is 3. The molecule has 0 radical (unpaired) electrons. The molecular formula is C20H20F3NO2. The number of nitrogens with one attached hydrogen (secondary N) is 1. The molecule has 0 heterocycles. The number of unbranched alkanes of at least 4 members (excludes halogenated alkanes) is 1. The lowest BCUT2D eigenvalue weighted by molar-refractivity contribution is -0.141. The summed E-state index contributed by atoms with van der Waals surface area (Å²) in [5, 5.41) is 11.2. The standard InChI is InChI=1S/C20H20F3NO2/c21-20(22,23)13-24-18(26)19(11-5-6-12-25)16-9-3-1-7-14(16)15-8-2-4-10-17(15)19/h1-4,7-10,25H,5-6,11-13H2,(H,24,26). The van der Waals surface area contributed by atoms with E-state index >= 15 is 0 Å². The zero-order valence-electron chi connectivity index (χ0n) is 14.1. The summed E-state index contributed by atoms with van der Waals surface area (Å²) in [5.74, 6) is -0.648. The SMILES string of the molecule is O=C(NCC(F)(F)F)C1(CCCCO)c2ccccc2-c2ccccc21. The van der Waals surface area contributed by atoms with Crippen molar-refractivity contribution in [2.24, 2.45) is 0 Å². The molecule has 1 amide bonds. The van der Waals surface area contributed by atoms with Gasteiger partial charge in [0.25, 0.3) is 0 Å². The van der Waals surface area contributed by atoms with Gasteiger partial charge in [0, 0.05) is 6.61 Å². The van der Waals surface area contributed by atoms with Gasteiger partial charge in [0.1, 0.15) is 12.0 Å². The quantitative estimate of drug-likeness (QED) is 0.767. The Morgan fingerprint density at radius 2 is 1.50 bits per heavy atom. The molecule has 0 spiro atoms. The fraction of sp³-hybridized carbons (Fsp3) is 0.350. The zero-order valence-corrected chi connectivity index (χ0v) is 14.1. The summed E-state index contributed by atoms with van der Waals surface area (Å²) in [6.45, 7) is -1.39. The first-order valence-electron chi connectivity index (χ1n) is 8.55. The highest BCUT2D eigenvalue weighted by Crippen LogP contribution is 2.51. The number of aliphatic hydroxyl groups excluding tert-OH is 1. The summed E-state index contributed by atoms with van der Waals surface area (Å²) in [6.07, 6.45) is -3.12. The Kier molecular flexibility index (Phi) is 5.05. The van der Waals surface area contributed by atoms with Crippen LogP contribution >= 0.6 is 0 Å². The Bertz CT molecular complexity index is 756. The molecule has 0 unspecified atom stereocenters. The molecule has 0 aliphatic heterocycles. The first kappa shape index (κ1) is 18.5. The Hall–Kier alpha value is -2.34. The summed E-state index contributed by atoms with van der Waals surface area (Å²) >= 11 is 0. The van der Waals surface area contributed by atoms with E-state index in [-0.39, 0.29) is 6.61 Å². The minimum Gasteiger partial charge on any atom is -0.396 e. The fourth-order valence-corrected chi connectivity index (χ4v) is 3.79. The zero-order chi connectivity index (χ0) is 18.8. The summed E-state index contributed by atoms with van der Waals surface area (Å²) in [5.41, 5.74) is 2.01. The maximum Gasteiger partial charge on any atom is 0.405 e. The van der Waals surface area contributed by atoms with E-state index < -0.39 is 24.0 Å². The summed E-state index contributed by atoms with van der Waals surface area (Å²) in [7, 11) is 0. The minimum atomic E-state index is -4.47. The molecule has 0 fully saturated rings. The molecule has 2 aromatic carbocycles. The van der Waals surface area contributed by atoms with E-state index in [0.717, 1.165) is 22.3 Å². The van der Waals surface area contributed by atoms with Crippen LogP contribution in [-0.2, 0) is 10.2 Å². The predicted molar refractivity (Wildman–Crippen MR) is 92.7 cm³/mol. The minimum absolute atomic E-state index is 0.0243. The highest BCUT2D eigenvalue weighted by atomic mass is 19.4. The molecule has 1 aliphatic rings. The van der Waals surface area contributed by atoms with Gasteiger partial charge in [0.2, 0.25) is 5.91 Å². The van der Waals surface area contributed by atoms with E-state index in [2.05, 4.69) is 5.32 Å². The van der Waals surface area contributed by atoms with Gasteiger partial charge in [-0.3, -0.25) is 4.79 Å². The van der Waals surface area contributed by atoms with Gasteiger partial charge < -0.3 is 10.4 Å². The highest BCUT2D eigenvalue weighted by Gasteiger charge is 2.49. The molecule has 0 saturated carbocycles. The molecule has 0 aromatic heterocycles. The van der Waals surface area contributed by atoms with Crippen molar-refractivity contribution in [3.05, 3.63) is 59.7 Å². The molecule has 0 saturated heterocycles. The van der Waals surface area contributed by atoms with Crippen LogP contribution in [0.4, 0.5) is 13.2 Å². The van der Waals surface area contributed by atoms with Gasteiger partial charge in [-0.2, -0.15) is 13.2 Å². The lowest BCUT2D eigenvalue weighted by atomic mass is 9.73. The highest BCUT2D eigenvalue weighted by molar-refractivity contribution is 6.00. The molecule has 0 bridgehead atoms. The number of carbonyl (C=O) groups excluding carboxylic acids is 1. The second-order valence-electron chi connectivity index (χ2n) is 6.48. The van der Waals surface area contributed by atoms with E-state index in [1.165, 1.54) is 0 Å². The van der Waals surface area contributed by atoms with Crippen molar-refractivity contribution in [2.75, 3.05) is 13.2 Å². The Morgan fingerprint density at radius 1 is 0.962 bits per heavy atom. The topological polar surface area (TPSA) is 49.3 Å². The smallest absolute Gasteiger partial charge is 0.396 e. The second kappa shape index (κ2) is 7.11. The van der Waals surface area contributed by atoms with Crippen molar-refractivity contribution in [1.29, 1.82) is 0 Å². The number of halogens is 3. The summed E-state index contributed by atoms with van der Waals surface area (Å²) in [4.78, 5) is 13.1. The average molecular weight is 363 g/mol. The van der Waals surface area contributed by atoms with Crippen molar-refractivity contribution in [1.82, 2.24) is 5.32 Å². The third-order valence-corrected chi connectivity index (χ3v) is 4.86. The lowest BCUT2D eigenvalue weighted by Gasteiger charge is -2.31. The summed E-state index contributed by atoms with van der Waals surface area (Å²) < 4.78 is 38.0. The lowest BCUT2D eigenvalue weighted by Crippen LogP contribution is -2.47. The van der Waals surface area contributed by atoms with Crippen LogP contribution < -0.4 is 5.32 Å². The van der Waals surface area contributed by atoms with Crippen molar-refractivity contribution < 1.29 is 23.1 Å². The van der Waals surface area contributed by atoms with E-state index in [9.17, 15) is 18.0 Å². The number of carbonyl (C=O) groups is 1. The van der Waals surface area contributed by atoms with Gasteiger partial charge >= 0.3 is 6.18 Å². The van der Waals surface area contributed by atoms with Crippen LogP contribution in [0.5, 0.6) is 0 Å². The van der Waals surface area contributed by atoms with E-state index in [1.807, 2.05) is 24.3 Å². The third kappa shape index (κ3) is 3.21. The monoisotopic (exact) mass is 363 g/mol. The maximum absolute atomic E-state index is 13.1. The first-order valence-corrected chi connectivity index (χ1v) is 8.55. The molecule has 138 valence electrons. The van der Waals surface area contributed by atoms with Gasteiger partial charge in [0.05, 0.1) is 0 Å². The van der Waals surface area contributed by atoms with Gasteiger partial charge in [0.15, 0.2) is 0 Å². The number of amides is 1. The Balaban J connectivity index is 2.09. The van der Waals surface area contributed by atoms with Crippen LogP contribution in [0, 0.1) is 0 Å². The number of benzene rings is 2. The first-order chi connectivity index (χ1) is 12.4. The van der Waals surface area contributed by atoms with Crippen LogP contribution in [0.15, 0.2) is 48.5 Å². The van der Waals surface area contributed by atoms with Crippen molar-refractivity contribution in [2.45, 2.75) is 30.9 Å². The van der Waals surface area contributed by atoms with Gasteiger partial charge in [-0.25, -0.2) is 0 Å². The maximum atomic E-state index is 13.1. The Labute approximate surface area is 149 Å². The predicted octanol–water partition coefficient (Wildman–Crippen LogP) is 3.79. The molecule has 2 aromatic rings. The van der Waals surface area contributed by atoms with Gasteiger partial charge in [-0.05, 0) is 41.5 Å². The van der Waals surface area contributed by atoms with Gasteiger partial charge in [-0.1, -0.05) is 48.5 Å². The molecule has 6 heteroatoms. The number of hydrogen-bond donors (Lipinski definition) is 2. The van der Waals surface area contributed by atoms with Crippen molar-refractivity contribution >= 4 is 5.91 Å². The largest absolute Gasteiger partial charge is 0.405 e. The van der Waals surface area contributed by atoms with Crippen molar-refractivity contribution in [3.8, 4) is 11.1 Å². The van der Waals surface area contributed by atoms with E-state index in [0.29, 0.717) is 19.3 Å². The molecule has 3 nitrogen and oxygen atoms in total. The van der Waals surface area contributed by atoms with E-state index in [4.69, 9.17) is 5.11 Å². The van der Waals surface area contributed by atoms with Crippen LogP contribution in [0.2, 0.25) is 0 Å². The molecule has 26 heavy (non-hydrogen) atoms. The van der Waals surface area contributed by atoms with Gasteiger partial charge in [-0.15, -0.1) is 0 Å². The number of fused-ring (bicyclic) bond motifs is 3. The van der Waals surface area contributed by atoms with Crippen LogP contribution in [0.3, 0.4) is 0 Å². The number of aliphatic hydroxyl groups is 1. The molecular weight excluding hydrogens is 343 g/mol. The Morgan fingerprint density at radius 3 is 2.00 bits per heavy atom. The molecule has 1 aliphatic carbocycles.